The molecular formula is C19H21N3O2. The molecule has 1 N–H and O–H groups in total. The predicted octanol–water partition coefficient (Wildman–Crippen LogP) is 3.56. The highest BCUT2D eigenvalue weighted by Crippen LogP contribution is 2.24. The molecule has 0 radical (unpaired) electrons. The number of piperidine rings is 1. The number of hydrogen-bond acceptors (Lipinski definition) is 3. The van der Waals surface area contributed by atoms with E-state index < -0.39 is 0 Å². The number of amides is 1. The predicted molar refractivity (Wildman–Crippen MR) is 91.9 cm³/mol. The summed E-state index contributed by atoms with van der Waals surface area (Å²) in [4.78, 5) is 14.9. The lowest BCUT2D eigenvalue weighted by atomic mass is 9.93. The van der Waals surface area contributed by atoms with Crippen LogP contribution in [0, 0.1) is 12.8 Å². The Bertz CT molecular complexity index is 851. The van der Waals surface area contributed by atoms with Gasteiger partial charge in [-0.1, -0.05) is 0 Å². The van der Waals surface area contributed by atoms with E-state index in [1.54, 1.807) is 6.20 Å². The van der Waals surface area contributed by atoms with Gasteiger partial charge in [0.05, 0.1) is 0 Å². The molecule has 2 aromatic heterocycles. The van der Waals surface area contributed by atoms with Crippen LogP contribution in [0.2, 0.25) is 0 Å². The monoisotopic (exact) mass is 323 g/mol. The molecule has 3 heterocycles. The largest absolute Gasteiger partial charge is 0.461 e. The van der Waals surface area contributed by atoms with Crippen molar-refractivity contribution in [2.75, 3.05) is 13.1 Å². The number of carbonyl (C=O) groups is 1. The molecule has 0 bridgehead atoms. The first-order valence-corrected chi connectivity index (χ1v) is 8.47. The summed E-state index contributed by atoms with van der Waals surface area (Å²) in [5.41, 5.74) is 2.72. The second-order valence-corrected chi connectivity index (χ2v) is 6.66. The van der Waals surface area contributed by atoms with Gasteiger partial charge in [0.15, 0.2) is 0 Å². The van der Waals surface area contributed by atoms with Crippen molar-refractivity contribution in [1.82, 2.24) is 15.1 Å². The number of aryl methyl sites for hydroxylation is 1. The van der Waals surface area contributed by atoms with Crippen molar-refractivity contribution < 1.29 is 9.21 Å². The average Bonchev–Trinajstić information content (AvgIpc) is 3.22. The zero-order valence-electron chi connectivity index (χ0n) is 13.8. The molecule has 1 fully saturated rings. The molecular weight excluding hydrogens is 302 g/mol. The number of fused-ring (bicyclic) bond motifs is 1. The van der Waals surface area contributed by atoms with Gasteiger partial charge in [0.2, 0.25) is 0 Å². The molecule has 5 heteroatoms. The van der Waals surface area contributed by atoms with Crippen LogP contribution in [0.3, 0.4) is 0 Å². The molecule has 1 aromatic carbocycles. The molecule has 1 atom stereocenters. The van der Waals surface area contributed by atoms with E-state index in [0.717, 1.165) is 60.3 Å². The lowest BCUT2D eigenvalue weighted by Gasteiger charge is -2.32. The number of carbonyl (C=O) groups excluding carboxylic acids is 1. The van der Waals surface area contributed by atoms with Gasteiger partial charge in [-0.3, -0.25) is 9.89 Å². The fourth-order valence-electron chi connectivity index (χ4n) is 3.62. The van der Waals surface area contributed by atoms with Crippen LogP contribution in [0.4, 0.5) is 0 Å². The minimum absolute atomic E-state index is 0.116. The number of H-pyrrole nitrogens is 1. The second kappa shape index (κ2) is 6.15. The standard InChI is InChI=1S/C19H21N3O2/c1-13-9-16-11-15(4-5-18(16)24-13)19(23)22-8-2-3-14(12-22)10-17-6-7-20-21-17/h4-7,9,11,14H,2-3,8,10,12H2,1H3,(H,20,21)/t14-/m0/s1. The third-order valence-electron chi connectivity index (χ3n) is 4.76. The maximum atomic E-state index is 12.9. The van der Waals surface area contributed by atoms with Crippen molar-refractivity contribution in [3.8, 4) is 0 Å². The van der Waals surface area contributed by atoms with Crippen molar-refractivity contribution in [3.63, 3.8) is 0 Å². The smallest absolute Gasteiger partial charge is 0.253 e. The molecule has 24 heavy (non-hydrogen) atoms. The van der Waals surface area contributed by atoms with Crippen LogP contribution in [0.15, 0.2) is 40.9 Å². The number of nitrogens with zero attached hydrogens (tertiary/aromatic N) is 2. The van der Waals surface area contributed by atoms with Crippen molar-refractivity contribution in [2.24, 2.45) is 5.92 Å². The first kappa shape index (κ1) is 15.0. The molecule has 0 aliphatic carbocycles. The van der Waals surface area contributed by atoms with Crippen molar-refractivity contribution in [2.45, 2.75) is 26.2 Å². The van der Waals surface area contributed by atoms with Crippen LogP contribution < -0.4 is 0 Å². The Morgan fingerprint density at radius 3 is 3.12 bits per heavy atom. The summed E-state index contributed by atoms with van der Waals surface area (Å²) >= 11 is 0. The highest BCUT2D eigenvalue weighted by atomic mass is 16.3. The lowest BCUT2D eigenvalue weighted by molar-refractivity contribution is 0.0673. The molecule has 5 nitrogen and oxygen atoms in total. The highest BCUT2D eigenvalue weighted by molar-refractivity contribution is 5.97. The maximum Gasteiger partial charge on any atom is 0.253 e. The summed E-state index contributed by atoms with van der Waals surface area (Å²) in [6.45, 7) is 3.56. The maximum absolute atomic E-state index is 12.9. The number of nitrogens with one attached hydrogen (secondary N) is 1. The zero-order chi connectivity index (χ0) is 16.5. The number of furan rings is 1. The van der Waals surface area contributed by atoms with Crippen LogP contribution in [-0.4, -0.2) is 34.1 Å². The summed E-state index contributed by atoms with van der Waals surface area (Å²) in [6, 6.07) is 9.68. The van der Waals surface area contributed by atoms with Crippen molar-refractivity contribution >= 4 is 16.9 Å². The number of rotatable bonds is 3. The number of aromatic nitrogens is 2. The number of likely N-dealkylation sites (tertiary alicyclic amines) is 1. The molecule has 4 rings (SSSR count). The summed E-state index contributed by atoms with van der Waals surface area (Å²) < 4.78 is 5.59. The van der Waals surface area contributed by atoms with E-state index in [4.69, 9.17) is 4.42 Å². The van der Waals surface area contributed by atoms with E-state index in [0.29, 0.717) is 5.92 Å². The number of aromatic amines is 1. The molecule has 0 unspecified atom stereocenters. The Kier molecular flexibility index (Phi) is 3.84. The zero-order valence-corrected chi connectivity index (χ0v) is 13.8. The Labute approximate surface area is 140 Å². The van der Waals surface area contributed by atoms with Crippen LogP contribution in [0.1, 0.15) is 34.7 Å². The fourth-order valence-corrected chi connectivity index (χ4v) is 3.62. The van der Waals surface area contributed by atoms with Crippen molar-refractivity contribution in [1.29, 1.82) is 0 Å². The molecule has 3 aromatic rings. The summed E-state index contributed by atoms with van der Waals surface area (Å²) in [5.74, 6) is 1.47. The van der Waals surface area contributed by atoms with Gasteiger partial charge in [-0.05, 0) is 62.4 Å². The Balaban J connectivity index is 1.49. The van der Waals surface area contributed by atoms with Gasteiger partial charge in [0.25, 0.3) is 5.91 Å². The van der Waals surface area contributed by atoms with E-state index >= 15 is 0 Å². The fraction of sp³-hybridized carbons (Fsp3) is 0.368. The molecule has 1 amide bonds. The first-order valence-electron chi connectivity index (χ1n) is 8.47. The van der Waals surface area contributed by atoms with Crippen molar-refractivity contribution in [3.05, 3.63) is 53.5 Å². The normalized spacial score (nSPS) is 18.2. The Morgan fingerprint density at radius 2 is 2.29 bits per heavy atom. The first-order chi connectivity index (χ1) is 11.7. The molecule has 1 saturated heterocycles. The highest BCUT2D eigenvalue weighted by Gasteiger charge is 2.25. The average molecular weight is 323 g/mol. The summed E-state index contributed by atoms with van der Waals surface area (Å²) in [5, 5.41) is 8.01. The van der Waals surface area contributed by atoms with E-state index in [1.807, 2.05) is 42.2 Å². The van der Waals surface area contributed by atoms with Gasteiger partial charge in [-0.25, -0.2) is 0 Å². The SMILES string of the molecule is Cc1cc2cc(C(=O)N3CCC[C@@H](Cc4ccn[nH]4)C3)ccc2o1. The van der Waals surface area contributed by atoms with Gasteiger partial charge < -0.3 is 9.32 Å². The van der Waals surface area contributed by atoms with Crippen LogP contribution in [0.5, 0.6) is 0 Å². The molecule has 1 aliphatic heterocycles. The van der Waals surface area contributed by atoms with Crippen LogP contribution >= 0.6 is 0 Å². The van der Waals surface area contributed by atoms with Crippen LogP contribution in [-0.2, 0) is 6.42 Å². The minimum Gasteiger partial charge on any atom is -0.461 e. The van der Waals surface area contributed by atoms with E-state index in [-0.39, 0.29) is 5.91 Å². The molecule has 124 valence electrons. The van der Waals surface area contributed by atoms with E-state index in [9.17, 15) is 4.79 Å². The van der Waals surface area contributed by atoms with E-state index in [1.165, 1.54) is 0 Å². The number of hydrogen-bond donors (Lipinski definition) is 1. The lowest BCUT2D eigenvalue weighted by Crippen LogP contribution is -2.40. The molecule has 0 spiro atoms. The van der Waals surface area contributed by atoms with Gasteiger partial charge in [0.1, 0.15) is 11.3 Å². The Morgan fingerprint density at radius 1 is 1.38 bits per heavy atom. The number of benzene rings is 1. The summed E-state index contributed by atoms with van der Waals surface area (Å²) in [6.07, 6.45) is 4.94. The van der Waals surface area contributed by atoms with Gasteiger partial charge in [-0.2, -0.15) is 5.10 Å². The summed E-state index contributed by atoms with van der Waals surface area (Å²) in [7, 11) is 0. The van der Waals surface area contributed by atoms with Gasteiger partial charge in [-0.15, -0.1) is 0 Å². The second-order valence-electron chi connectivity index (χ2n) is 6.66. The van der Waals surface area contributed by atoms with E-state index in [2.05, 4.69) is 10.2 Å². The molecule has 0 saturated carbocycles. The van der Waals surface area contributed by atoms with Gasteiger partial charge in [0, 0.05) is 35.9 Å². The van der Waals surface area contributed by atoms with Gasteiger partial charge >= 0.3 is 0 Å². The quantitative estimate of drug-likeness (QED) is 0.801. The van der Waals surface area contributed by atoms with Crippen LogP contribution in [0.25, 0.3) is 11.0 Å². The molecule has 1 aliphatic rings. The minimum atomic E-state index is 0.116. The topological polar surface area (TPSA) is 62.1 Å². The third kappa shape index (κ3) is 2.94. The Hall–Kier alpha value is -2.56. The third-order valence-corrected chi connectivity index (χ3v) is 4.76.